The first-order valence-electron chi connectivity index (χ1n) is 9.87. The Balaban J connectivity index is 1.79. The average Bonchev–Trinajstić information content (AvgIpc) is 2.77. The topological polar surface area (TPSA) is 138 Å². The number of sulfonamides is 2. The van der Waals surface area contributed by atoms with Gasteiger partial charge in [-0.1, -0.05) is 25.1 Å². The smallest absolute Gasteiger partial charge is 0.264 e. The molecule has 0 bridgehead atoms. The number of hydrogen-bond acceptors (Lipinski definition) is 7. The number of hydrogen-bond donors (Lipinski definition) is 2. The molecule has 10 nitrogen and oxygen atoms in total. The van der Waals surface area contributed by atoms with Crippen LogP contribution in [0.3, 0.4) is 0 Å². The molecule has 1 atom stereocenters. The number of carbonyl (C=O) groups is 1. The molecule has 0 radical (unpaired) electrons. The highest BCUT2D eigenvalue weighted by Gasteiger charge is 2.31. The SMILES string of the molecule is CC[C@@H](C(=O)Nc1ccc(S(=O)(=O)Nc2ncccn2)cc1)N(c1ccccc1)S(C)(=O)=O. The first-order valence-corrected chi connectivity index (χ1v) is 13.2. The molecule has 3 aromatic rings. The van der Waals surface area contributed by atoms with E-state index in [1.165, 1.54) is 36.7 Å². The van der Waals surface area contributed by atoms with E-state index in [0.29, 0.717) is 11.4 Å². The van der Waals surface area contributed by atoms with Crippen LogP contribution in [0.25, 0.3) is 0 Å². The van der Waals surface area contributed by atoms with Crippen molar-refractivity contribution in [3.63, 3.8) is 0 Å². The Bertz CT molecular complexity index is 1300. The number of amides is 1. The van der Waals surface area contributed by atoms with Gasteiger partial charge in [-0.2, -0.15) is 0 Å². The van der Waals surface area contributed by atoms with E-state index in [1.54, 1.807) is 43.3 Å². The van der Waals surface area contributed by atoms with Crippen molar-refractivity contribution in [2.24, 2.45) is 0 Å². The maximum absolute atomic E-state index is 13.0. The van der Waals surface area contributed by atoms with E-state index in [2.05, 4.69) is 20.0 Å². The van der Waals surface area contributed by atoms with Crippen LogP contribution in [0.1, 0.15) is 13.3 Å². The number of anilines is 3. The maximum atomic E-state index is 13.0. The van der Waals surface area contributed by atoms with E-state index in [9.17, 15) is 21.6 Å². The molecule has 1 aromatic heterocycles. The van der Waals surface area contributed by atoms with Crippen LogP contribution in [0, 0.1) is 0 Å². The molecule has 0 aliphatic heterocycles. The standard InChI is InChI=1S/C21H23N5O5S2/c1-3-19(26(32(2,28)29)17-8-5-4-6-9-17)20(27)24-16-10-12-18(13-11-16)33(30,31)25-21-22-14-7-15-23-21/h4-15,19H,3H2,1-2H3,(H,24,27)(H,22,23,25)/t19-/m0/s1. The zero-order valence-corrected chi connectivity index (χ0v) is 19.5. The number of rotatable bonds is 9. The number of benzene rings is 2. The summed E-state index contributed by atoms with van der Waals surface area (Å²) in [6.45, 7) is 1.71. The van der Waals surface area contributed by atoms with E-state index < -0.39 is 32.0 Å². The summed E-state index contributed by atoms with van der Waals surface area (Å²) in [6, 6.07) is 14.4. The number of aromatic nitrogens is 2. The lowest BCUT2D eigenvalue weighted by atomic mass is 10.2. The van der Waals surface area contributed by atoms with Gasteiger partial charge < -0.3 is 5.32 Å². The van der Waals surface area contributed by atoms with Crippen molar-refractivity contribution in [2.45, 2.75) is 24.3 Å². The summed E-state index contributed by atoms with van der Waals surface area (Å²) in [7, 11) is -7.67. The monoisotopic (exact) mass is 489 g/mol. The molecule has 12 heteroatoms. The normalized spacial score (nSPS) is 12.5. The first kappa shape index (κ1) is 24.1. The van der Waals surface area contributed by atoms with Crippen molar-refractivity contribution in [1.82, 2.24) is 9.97 Å². The summed E-state index contributed by atoms with van der Waals surface area (Å²) in [5.74, 6) is -0.611. The van der Waals surface area contributed by atoms with Crippen LogP contribution in [0.15, 0.2) is 78.0 Å². The van der Waals surface area contributed by atoms with Gasteiger partial charge in [-0.3, -0.25) is 9.10 Å². The molecule has 2 N–H and O–H groups in total. The minimum absolute atomic E-state index is 0.0537. The first-order chi connectivity index (χ1) is 15.6. The second-order valence-corrected chi connectivity index (χ2v) is 10.6. The lowest BCUT2D eigenvalue weighted by molar-refractivity contribution is -0.117. The Kier molecular flexibility index (Phi) is 7.29. The van der Waals surface area contributed by atoms with E-state index in [0.717, 1.165) is 10.6 Å². The molecule has 0 saturated heterocycles. The second kappa shape index (κ2) is 9.96. The Morgan fingerprint density at radius 2 is 1.55 bits per heavy atom. The van der Waals surface area contributed by atoms with Gasteiger partial charge in [0, 0.05) is 18.1 Å². The van der Waals surface area contributed by atoms with Crippen molar-refractivity contribution in [2.75, 3.05) is 20.6 Å². The molecule has 0 aliphatic rings. The van der Waals surface area contributed by atoms with Gasteiger partial charge in [0.15, 0.2) is 0 Å². The van der Waals surface area contributed by atoms with Gasteiger partial charge in [0.2, 0.25) is 21.9 Å². The highest BCUT2D eigenvalue weighted by molar-refractivity contribution is 7.92. The van der Waals surface area contributed by atoms with Crippen LogP contribution in [0.2, 0.25) is 0 Å². The molecule has 0 aliphatic carbocycles. The summed E-state index contributed by atoms with van der Waals surface area (Å²) >= 11 is 0. The molecule has 1 heterocycles. The molecule has 1 amide bonds. The fourth-order valence-electron chi connectivity index (χ4n) is 3.11. The van der Waals surface area contributed by atoms with Crippen LogP contribution < -0.4 is 14.3 Å². The van der Waals surface area contributed by atoms with Gasteiger partial charge >= 0.3 is 0 Å². The van der Waals surface area contributed by atoms with E-state index in [4.69, 9.17) is 0 Å². The van der Waals surface area contributed by atoms with E-state index in [-0.39, 0.29) is 17.3 Å². The molecule has 2 aromatic carbocycles. The van der Waals surface area contributed by atoms with Gasteiger partial charge in [0.05, 0.1) is 16.8 Å². The van der Waals surface area contributed by atoms with Crippen molar-refractivity contribution in [1.29, 1.82) is 0 Å². The summed E-state index contributed by atoms with van der Waals surface area (Å²) in [6.07, 6.45) is 4.08. The van der Waals surface area contributed by atoms with Crippen molar-refractivity contribution in [3.05, 3.63) is 73.1 Å². The van der Waals surface area contributed by atoms with Crippen molar-refractivity contribution >= 4 is 43.3 Å². The molecule has 3 rings (SSSR count). The predicted octanol–water partition coefficient (Wildman–Crippen LogP) is 2.46. The molecular weight excluding hydrogens is 466 g/mol. The summed E-state index contributed by atoms with van der Waals surface area (Å²) in [5, 5.41) is 2.66. The zero-order chi connectivity index (χ0) is 24.1. The fraction of sp³-hybridized carbons (Fsp3) is 0.190. The van der Waals surface area contributed by atoms with Crippen LogP contribution in [-0.4, -0.2) is 45.0 Å². The molecule has 174 valence electrons. The number of nitrogens with one attached hydrogen (secondary N) is 2. The van der Waals surface area contributed by atoms with Gasteiger partial charge in [0.25, 0.3) is 10.0 Å². The fourth-order valence-corrected chi connectivity index (χ4v) is 5.28. The largest absolute Gasteiger partial charge is 0.324 e. The Morgan fingerprint density at radius 3 is 2.09 bits per heavy atom. The van der Waals surface area contributed by atoms with Crippen LogP contribution in [-0.2, 0) is 24.8 Å². The minimum atomic E-state index is -3.92. The Hall–Kier alpha value is -3.51. The number of nitrogens with zero attached hydrogens (tertiary/aromatic N) is 3. The van der Waals surface area contributed by atoms with E-state index >= 15 is 0 Å². The van der Waals surface area contributed by atoms with Crippen molar-refractivity contribution < 1.29 is 21.6 Å². The molecule has 33 heavy (non-hydrogen) atoms. The summed E-state index contributed by atoms with van der Waals surface area (Å²) in [5.41, 5.74) is 0.688. The molecule has 0 spiro atoms. The predicted molar refractivity (Wildman–Crippen MR) is 126 cm³/mol. The van der Waals surface area contributed by atoms with Crippen LogP contribution in [0.5, 0.6) is 0 Å². The number of para-hydroxylation sites is 1. The zero-order valence-electron chi connectivity index (χ0n) is 17.9. The second-order valence-electron chi connectivity index (χ2n) is 7.01. The average molecular weight is 490 g/mol. The van der Waals surface area contributed by atoms with Crippen LogP contribution in [0.4, 0.5) is 17.3 Å². The van der Waals surface area contributed by atoms with Crippen LogP contribution >= 0.6 is 0 Å². The molecule has 0 fully saturated rings. The molecule has 0 unspecified atom stereocenters. The third kappa shape index (κ3) is 6.05. The minimum Gasteiger partial charge on any atom is -0.324 e. The van der Waals surface area contributed by atoms with Gasteiger partial charge in [0.1, 0.15) is 6.04 Å². The van der Waals surface area contributed by atoms with Gasteiger partial charge in [-0.25, -0.2) is 31.5 Å². The molecular formula is C21H23N5O5S2. The lowest BCUT2D eigenvalue weighted by Crippen LogP contribution is -2.46. The summed E-state index contributed by atoms with van der Waals surface area (Å²) in [4.78, 5) is 20.6. The molecule has 0 saturated carbocycles. The van der Waals surface area contributed by atoms with Gasteiger partial charge in [-0.15, -0.1) is 0 Å². The third-order valence-corrected chi connectivity index (χ3v) is 7.09. The van der Waals surface area contributed by atoms with Gasteiger partial charge in [-0.05, 0) is 48.9 Å². The summed E-state index contributed by atoms with van der Waals surface area (Å²) < 4.78 is 53.2. The highest BCUT2D eigenvalue weighted by atomic mass is 32.2. The lowest BCUT2D eigenvalue weighted by Gasteiger charge is -2.30. The Morgan fingerprint density at radius 1 is 0.939 bits per heavy atom. The third-order valence-electron chi connectivity index (χ3n) is 4.56. The van der Waals surface area contributed by atoms with E-state index in [1.807, 2.05) is 0 Å². The Labute approximate surface area is 192 Å². The van der Waals surface area contributed by atoms with Crippen molar-refractivity contribution in [3.8, 4) is 0 Å². The number of carbonyl (C=O) groups excluding carboxylic acids is 1. The maximum Gasteiger partial charge on any atom is 0.264 e. The highest BCUT2D eigenvalue weighted by Crippen LogP contribution is 2.23. The quantitative estimate of drug-likeness (QED) is 0.471.